The van der Waals surface area contributed by atoms with Crippen molar-refractivity contribution in [2.45, 2.75) is 31.2 Å². The molecule has 118 valence electrons. The molecule has 0 aliphatic rings. The molecule has 7 heteroatoms. The third-order valence-corrected chi connectivity index (χ3v) is 4.53. The van der Waals surface area contributed by atoms with Crippen LogP contribution in [0.1, 0.15) is 20.8 Å². The average molecular weight is 340 g/mol. The predicted molar refractivity (Wildman–Crippen MR) is 89.9 cm³/mol. The molecule has 1 aromatic heterocycles. The minimum absolute atomic E-state index is 0.0357. The van der Waals surface area contributed by atoms with Gasteiger partial charge in [0.1, 0.15) is 10.7 Å². The number of nitrogens with one attached hydrogen (secondary N) is 2. The van der Waals surface area contributed by atoms with Gasteiger partial charge in [-0.05, 0) is 45.0 Å². The van der Waals surface area contributed by atoms with E-state index in [1.54, 1.807) is 24.3 Å². The van der Waals surface area contributed by atoms with E-state index in [-0.39, 0.29) is 15.5 Å². The molecule has 0 atom stereocenters. The van der Waals surface area contributed by atoms with E-state index in [0.29, 0.717) is 11.5 Å². The molecule has 0 aliphatic heterocycles. The van der Waals surface area contributed by atoms with Gasteiger partial charge in [-0.15, -0.1) is 0 Å². The van der Waals surface area contributed by atoms with Crippen LogP contribution >= 0.6 is 11.6 Å². The third-order valence-electron chi connectivity index (χ3n) is 2.64. The Morgan fingerprint density at radius 1 is 1.09 bits per heavy atom. The Hall–Kier alpha value is -1.79. The summed E-state index contributed by atoms with van der Waals surface area (Å²) in [5.41, 5.74) is 0.255. The first-order valence-corrected chi connectivity index (χ1v) is 8.55. The van der Waals surface area contributed by atoms with E-state index in [1.807, 2.05) is 20.8 Å². The second-order valence-corrected chi connectivity index (χ2v) is 7.90. The standard InChI is InChI=1S/C15H18ClN3O2S/c1-15(2,3)18-14-9-8-11(10-17-14)19-22(20,21)13-7-5-4-6-12(13)16/h4-10,19H,1-3H3,(H,17,18). The van der Waals surface area contributed by atoms with Crippen LogP contribution in [0.5, 0.6) is 0 Å². The maximum Gasteiger partial charge on any atom is 0.263 e. The number of nitrogens with zero attached hydrogens (tertiary/aromatic N) is 1. The van der Waals surface area contributed by atoms with Crippen LogP contribution in [0.15, 0.2) is 47.5 Å². The molecule has 1 heterocycles. The maximum atomic E-state index is 12.3. The zero-order chi connectivity index (χ0) is 16.4. The fraction of sp³-hybridized carbons (Fsp3) is 0.267. The van der Waals surface area contributed by atoms with Gasteiger partial charge < -0.3 is 5.32 Å². The summed E-state index contributed by atoms with van der Waals surface area (Å²) in [6.45, 7) is 6.05. The molecule has 0 radical (unpaired) electrons. The number of aromatic nitrogens is 1. The first kappa shape index (κ1) is 16.6. The smallest absolute Gasteiger partial charge is 0.263 e. The topological polar surface area (TPSA) is 71.1 Å². The lowest BCUT2D eigenvalue weighted by Gasteiger charge is -2.21. The number of anilines is 2. The Morgan fingerprint density at radius 2 is 1.77 bits per heavy atom. The molecule has 2 aromatic rings. The van der Waals surface area contributed by atoms with Crippen molar-refractivity contribution in [3.63, 3.8) is 0 Å². The fourth-order valence-corrected chi connectivity index (χ4v) is 3.35. The second-order valence-electron chi connectivity index (χ2n) is 5.84. The largest absolute Gasteiger partial charge is 0.365 e. The zero-order valence-corrected chi connectivity index (χ0v) is 14.2. The van der Waals surface area contributed by atoms with E-state index in [1.165, 1.54) is 18.3 Å². The van der Waals surface area contributed by atoms with Crippen LogP contribution in [-0.2, 0) is 10.0 Å². The highest BCUT2D eigenvalue weighted by Crippen LogP contribution is 2.23. The van der Waals surface area contributed by atoms with E-state index in [0.717, 1.165) is 0 Å². The van der Waals surface area contributed by atoms with Crippen LogP contribution < -0.4 is 10.0 Å². The second kappa shape index (κ2) is 6.14. The van der Waals surface area contributed by atoms with E-state index < -0.39 is 10.0 Å². The Kier molecular flexibility index (Phi) is 4.63. The molecular weight excluding hydrogens is 322 g/mol. The number of hydrogen-bond donors (Lipinski definition) is 2. The Bertz CT molecular complexity index is 753. The summed E-state index contributed by atoms with van der Waals surface area (Å²) in [6, 6.07) is 9.65. The maximum absolute atomic E-state index is 12.3. The van der Waals surface area contributed by atoms with Gasteiger partial charge in [0, 0.05) is 5.54 Å². The SMILES string of the molecule is CC(C)(C)Nc1ccc(NS(=O)(=O)c2ccccc2Cl)cn1. The molecule has 2 rings (SSSR count). The van der Waals surface area contributed by atoms with Crippen molar-refractivity contribution < 1.29 is 8.42 Å². The van der Waals surface area contributed by atoms with Crippen molar-refractivity contribution in [1.82, 2.24) is 4.98 Å². The molecule has 0 fully saturated rings. The molecule has 0 saturated heterocycles. The normalized spacial score (nSPS) is 12.0. The van der Waals surface area contributed by atoms with Gasteiger partial charge in [-0.1, -0.05) is 23.7 Å². The first-order chi connectivity index (χ1) is 10.2. The van der Waals surface area contributed by atoms with Gasteiger partial charge in [0.15, 0.2) is 0 Å². The highest BCUT2D eigenvalue weighted by Gasteiger charge is 2.17. The lowest BCUT2D eigenvalue weighted by molar-refractivity contribution is 0.601. The Balaban J connectivity index is 2.19. The molecule has 0 saturated carbocycles. The predicted octanol–water partition coefficient (Wildman–Crippen LogP) is 3.75. The van der Waals surface area contributed by atoms with E-state index >= 15 is 0 Å². The van der Waals surface area contributed by atoms with E-state index in [9.17, 15) is 8.42 Å². The van der Waals surface area contributed by atoms with Crippen molar-refractivity contribution in [3.05, 3.63) is 47.6 Å². The summed E-state index contributed by atoms with van der Waals surface area (Å²) >= 11 is 5.93. The van der Waals surface area contributed by atoms with Crippen LogP contribution in [-0.4, -0.2) is 18.9 Å². The summed E-state index contributed by atoms with van der Waals surface area (Å²) < 4.78 is 27.1. The number of rotatable bonds is 4. The van der Waals surface area contributed by atoms with Crippen LogP contribution in [0, 0.1) is 0 Å². The quantitative estimate of drug-likeness (QED) is 0.890. The van der Waals surface area contributed by atoms with Crippen molar-refractivity contribution in [2.24, 2.45) is 0 Å². The minimum Gasteiger partial charge on any atom is -0.365 e. The molecule has 1 aromatic carbocycles. The van der Waals surface area contributed by atoms with E-state index in [2.05, 4.69) is 15.0 Å². The van der Waals surface area contributed by atoms with Gasteiger partial charge in [0.2, 0.25) is 0 Å². The lowest BCUT2D eigenvalue weighted by Crippen LogP contribution is -2.26. The van der Waals surface area contributed by atoms with Crippen molar-refractivity contribution >= 4 is 33.1 Å². The Labute approximate surface area is 135 Å². The van der Waals surface area contributed by atoms with Gasteiger partial charge in [-0.3, -0.25) is 4.72 Å². The fourth-order valence-electron chi connectivity index (χ4n) is 1.79. The number of halogens is 1. The number of pyridine rings is 1. The molecule has 0 bridgehead atoms. The highest BCUT2D eigenvalue weighted by atomic mass is 35.5. The molecule has 0 spiro atoms. The molecule has 5 nitrogen and oxygen atoms in total. The molecule has 22 heavy (non-hydrogen) atoms. The van der Waals surface area contributed by atoms with Crippen LogP contribution in [0.25, 0.3) is 0 Å². The lowest BCUT2D eigenvalue weighted by atomic mass is 10.1. The third kappa shape index (κ3) is 4.35. The molecule has 2 N–H and O–H groups in total. The summed E-state index contributed by atoms with van der Waals surface area (Å²) in [6.07, 6.45) is 1.46. The summed E-state index contributed by atoms with van der Waals surface area (Å²) in [5.74, 6) is 0.674. The molecule has 0 aliphatic carbocycles. The van der Waals surface area contributed by atoms with Crippen LogP contribution in [0.2, 0.25) is 5.02 Å². The number of benzene rings is 1. The van der Waals surface area contributed by atoms with Crippen LogP contribution in [0.4, 0.5) is 11.5 Å². The number of sulfonamides is 1. The van der Waals surface area contributed by atoms with Crippen molar-refractivity contribution in [3.8, 4) is 0 Å². The summed E-state index contributed by atoms with van der Waals surface area (Å²) in [5, 5.41) is 3.38. The molecule has 0 unspecified atom stereocenters. The van der Waals surface area contributed by atoms with Crippen LogP contribution in [0.3, 0.4) is 0 Å². The summed E-state index contributed by atoms with van der Waals surface area (Å²) in [7, 11) is -3.73. The minimum atomic E-state index is -3.73. The zero-order valence-electron chi connectivity index (χ0n) is 12.6. The molecule has 0 amide bonds. The van der Waals surface area contributed by atoms with Gasteiger partial charge in [-0.25, -0.2) is 13.4 Å². The first-order valence-electron chi connectivity index (χ1n) is 6.69. The Morgan fingerprint density at radius 3 is 2.32 bits per heavy atom. The van der Waals surface area contributed by atoms with Gasteiger partial charge >= 0.3 is 0 Å². The molecular formula is C15H18ClN3O2S. The average Bonchev–Trinajstić information content (AvgIpc) is 2.39. The number of hydrogen-bond acceptors (Lipinski definition) is 4. The van der Waals surface area contributed by atoms with Gasteiger partial charge in [0.05, 0.1) is 16.9 Å². The van der Waals surface area contributed by atoms with E-state index in [4.69, 9.17) is 11.6 Å². The summed E-state index contributed by atoms with van der Waals surface area (Å²) in [4.78, 5) is 4.23. The van der Waals surface area contributed by atoms with Gasteiger partial charge in [-0.2, -0.15) is 0 Å². The van der Waals surface area contributed by atoms with Crippen molar-refractivity contribution in [2.75, 3.05) is 10.0 Å². The highest BCUT2D eigenvalue weighted by molar-refractivity contribution is 7.92. The monoisotopic (exact) mass is 339 g/mol. The van der Waals surface area contributed by atoms with Crippen molar-refractivity contribution in [1.29, 1.82) is 0 Å². The van der Waals surface area contributed by atoms with Gasteiger partial charge in [0.25, 0.3) is 10.0 Å².